The molecule has 0 aliphatic heterocycles. The van der Waals surface area contributed by atoms with Gasteiger partial charge in [0.05, 0.1) is 5.75 Å². The minimum atomic E-state index is -3.52. The molecule has 5 heteroatoms. The summed E-state index contributed by atoms with van der Waals surface area (Å²) in [4.78, 5) is 0. The van der Waals surface area contributed by atoms with E-state index in [1.807, 2.05) is 0 Å². The average Bonchev–Trinajstić information content (AvgIpc) is 2.32. The van der Waals surface area contributed by atoms with Crippen molar-refractivity contribution in [3.8, 4) is 5.75 Å². The molecule has 0 aliphatic rings. The Morgan fingerprint density at radius 2 is 1.56 bits per heavy atom. The second-order valence-electron chi connectivity index (χ2n) is 3.86. The Morgan fingerprint density at radius 1 is 0.944 bits per heavy atom. The Balaban J connectivity index is 2.16. The van der Waals surface area contributed by atoms with Gasteiger partial charge < -0.3 is 5.11 Å². The molecule has 0 heterocycles. The Morgan fingerprint density at radius 3 is 2.22 bits per heavy atom. The van der Waals surface area contributed by atoms with Crippen LogP contribution in [-0.2, 0) is 15.8 Å². The fraction of sp³-hybridized carbons (Fsp3) is 0.0769. The van der Waals surface area contributed by atoms with E-state index in [1.165, 1.54) is 6.07 Å². The summed E-state index contributed by atoms with van der Waals surface area (Å²) in [6.07, 6.45) is 0. The standard InChI is InChI=1S/C13H13NO3S/c15-13-9-5-4-6-11(13)10-18(16,17)14-12-7-2-1-3-8-12/h1-9,14-15H,10H2. The van der Waals surface area contributed by atoms with E-state index < -0.39 is 10.0 Å². The SMILES string of the molecule is O=S(=O)(Cc1ccccc1O)Nc1ccccc1. The molecule has 2 N–H and O–H groups in total. The van der Waals surface area contributed by atoms with Gasteiger partial charge in [-0.3, -0.25) is 4.72 Å². The Labute approximate surface area is 106 Å². The zero-order chi connectivity index (χ0) is 13.0. The van der Waals surface area contributed by atoms with Gasteiger partial charge in [0.15, 0.2) is 0 Å². The molecule has 0 saturated heterocycles. The maximum Gasteiger partial charge on any atom is 0.237 e. The van der Waals surface area contributed by atoms with Crippen LogP contribution in [-0.4, -0.2) is 13.5 Å². The summed E-state index contributed by atoms with van der Waals surface area (Å²) in [7, 11) is -3.52. The van der Waals surface area contributed by atoms with Crippen molar-refractivity contribution in [2.45, 2.75) is 5.75 Å². The van der Waals surface area contributed by atoms with E-state index in [0.29, 0.717) is 11.3 Å². The number of nitrogens with one attached hydrogen (secondary N) is 1. The maximum atomic E-state index is 11.9. The number of anilines is 1. The van der Waals surface area contributed by atoms with Crippen LogP contribution in [0.15, 0.2) is 54.6 Å². The summed E-state index contributed by atoms with van der Waals surface area (Å²) < 4.78 is 26.3. The van der Waals surface area contributed by atoms with Gasteiger partial charge in [-0.15, -0.1) is 0 Å². The first-order valence-corrected chi connectivity index (χ1v) is 7.04. The Kier molecular flexibility index (Phi) is 3.53. The van der Waals surface area contributed by atoms with Gasteiger partial charge in [0, 0.05) is 11.3 Å². The predicted octanol–water partition coefficient (Wildman–Crippen LogP) is 2.33. The van der Waals surface area contributed by atoms with Crippen LogP contribution in [0.5, 0.6) is 5.75 Å². The van der Waals surface area contributed by atoms with E-state index >= 15 is 0 Å². The molecule has 0 radical (unpaired) electrons. The second kappa shape index (κ2) is 5.10. The number of phenolic OH excluding ortho intramolecular Hbond substituents is 1. The van der Waals surface area contributed by atoms with E-state index in [2.05, 4.69) is 4.72 Å². The second-order valence-corrected chi connectivity index (χ2v) is 5.58. The number of sulfonamides is 1. The Bertz CT molecular complexity index is 624. The summed E-state index contributed by atoms with van der Waals surface area (Å²) in [6.45, 7) is 0. The molecule has 0 spiro atoms. The van der Waals surface area contributed by atoms with Crippen molar-refractivity contribution in [3.63, 3.8) is 0 Å². The van der Waals surface area contributed by atoms with Crippen molar-refractivity contribution in [1.29, 1.82) is 0 Å². The minimum Gasteiger partial charge on any atom is -0.508 e. The number of phenols is 1. The molecule has 2 aromatic carbocycles. The minimum absolute atomic E-state index is 0.0177. The monoisotopic (exact) mass is 263 g/mol. The quantitative estimate of drug-likeness (QED) is 0.889. The molecule has 94 valence electrons. The lowest BCUT2D eigenvalue weighted by Gasteiger charge is -2.08. The third-order valence-corrected chi connectivity index (χ3v) is 3.62. The summed E-state index contributed by atoms with van der Waals surface area (Å²) in [6, 6.07) is 15.0. The van der Waals surface area contributed by atoms with Crippen molar-refractivity contribution in [1.82, 2.24) is 0 Å². The van der Waals surface area contributed by atoms with Gasteiger partial charge in [-0.2, -0.15) is 0 Å². The van der Waals surface area contributed by atoms with Gasteiger partial charge in [-0.1, -0.05) is 36.4 Å². The van der Waals surface area contributed by atoms with E-state index in [0.717, 1.165) is 0 Å². The van der Waals surface area contributed by atoms with Gasteiger partial charge in [0.1, 0.15) is 5.75 Å². The van der Waals surface area contributed by atoms with Crippen molar-refractivity contribution in [2.75, 3.05) is 4.72 Å². The van der Waals surface area contributed by atoms with E-state index in [9.17, 15) is 13.5 Å². The number of para-hydroxylation sites is 2. The van der Waals surface area contributed by atoms with Gasteiger partial charge >= 0.3 is 0 Å². The van der Waals surface area contributed by atoms with Gasteiger partial charge in [0.25, 0.3) is 0 Å². The lowest BCUT2D eigenvalue weighted by atomic mass is 10.2. The van der Waals surface area contributed by atoms with E-state index in [-0.39, 0.29) is 11.5 Å². The molecule has 0 saturated carbocycles. The van der Waals surface area contributed by atoms with Crippen LogP contribution in [0.3, 0.4) is 0 Å². The summed E-state index contributed by atoms with van der Waals surface area (Å²) >= 11 is 0. The average molecular weight is 263 g/mol. The molecule has 0 fully saturated rings. The van der Waals surface area contributed by atoms with E-state index in [4.69, 9.17) is 0 Å². The molecule has 18 heavy (non-hydrogen) atoms. The fourth-order valence-electron chi connectivity index (χ4n) is 1.56. The van der Waals surface area contributed by atoms with Gasteiger partial charge in [-0.25, -0.2) is 8.42 Å². The van der Waals surface area contributed by atoms with Gasteiger partial charge in [0.2, 0.25) is 10.0 Å². The highest BCUT2D eigenvalue weighted by molar-refractivity contribution is 7.91. The molecule has 0 atom stereocenters. The van der Waals surface area contributed by atoms with Crippen LogP contribution in [0.2, 0.25) is 0 Å². The normalized spacial score (nSPS) is 11.1. The number of aromatic hydroxyl groups is 1. The Hall–Kier alpha value is -2.01. The van der Waals surface area contributed by atoms with Crippen LogP contribution < -0.4 is 4.72 Å². The molecule has 0 amide bonds. The highest BCUT2D eigenvalue weighted by atomic mass is 32.2. The van der Waals surface area contributed by atoms with Crippen molar-refractivity contribution < 1.29 is 13.5 Å². The largest absolute Gasteiger partial charge is 0.508 e. The van der Waals surface area contributed by atoms with Gasteiger partial charge in [-0.05, 0) is 18.2 Å². The molecule has 0 unspecified atom stereocenters. The molecular formula is C13H13NO3S. The van der Waals surface area contributed by atoms with E-state index in [1.54, 1.807) is 48.5 Å². The van der Waals surface area contributed by atoms with Crippen LogP contribution in [0.25, 0.3) is 0 Å². The lowest BCUT2D eigenvalue weighted by Crippen LogP contribution is -2.15. The summed E-state index contributed by atoms with van der Waals surface area (Å²) in [5.74, 6) is -0.273. The summed E-state index contributed by atoms with van der Waals surface area (Å²) in [5.41, 5.74) is 0.883. The molecular weight excluding hydrogens is 250 g/mol. The first-order chi connectivity index (χ1) is 8.57. The van der Waals surface area contributed by atoms with Crippen LogP contribution in [0, 0.1) is 0 Å². The van der Waals surface area contributed by atoms with Crippen LogP contribution in [0.4, 0.5) is 5.69 Å². The third-order valence-electron chi connectivity index (χ3n) is 2.38. The highest BCUT2D eigenvalue weighted by Crippen LogP contribution is 2.19. The third kappa shape index (κ3) is 3.24. The van der Waals surface area contributed by atoms with Crippen molar-refractivity contribution >= 4 is 15.7 Å². The predicted molar refractivity (Wildman–Crippen MR) is 70.8 cm³/mol. The van der Waals surface area contributed by atoms with Crippen LogP contribution >= 0.6 is 0 Å². The smallest absolute Gasteiger partial charge is 0.237 e. The van der Waals surface area contributed by atoms with Crippen LogP contribution in [0.1, 0.15) is 5.56 Å². The molecule has 0 aliphatic carbocycles. The number of benzene rings is 2. The molecule has 4 nitrogen and oxygen atoms in total. The van der Waals surface area contributed by atoms with Crippen molar-refractivity contribution in [3.05, 3.63) is 60.2 Å². The zero-order valence-corrected chi connectivity index (χ0v) is 10.4. The molecule has 2 aromatic rings. The number of hydrogen-bond acceptors (Lipinski definition) is 3. The lowest BCUT2D eigenvalue weighted by molar-refractivity contribution is 0.470. The molecule has 2 rings (SSSR count). The first-order valence-electron chi connectivity index (χ1n) is 5.39. The topological polar surface area (TPSA) is 66.4 Å². The number of hydrogen-bond donors (Lipinski definition) is 2. The zero-order valence-electron chi connectivity index (χ0n) is 9.58. The fourth-order valence-corrected chi connectivity index (χ4v) is 2.78. The molecule has 0 aromatic heterocycles. The maximum absolute atomic E-state index is 11.9. The van der Waals surface area contributed by atoms with Crippen molar-refractivity contribution in [2.24, 2.45) is 0 Å². The summed E-state index contributed by atoms with van der Waals surface area (Å²) in [5, 5.41) is 9.55. The first kappa shape index (κ1) is 12.4. The number of rotatable bonds is 4. The highest BCUT2D eigenvalue weighted by Gasteiger charge is 2.13. The molecule has 0 bridgehead atoms.